The summed E-state index contributed by atoms with van der Waals surface area (Å²) in [6.45, 7) is 0. The summed E-state index contributed by atoms with van der Waals surface area (Å²) in [5.41, 5.74) is 0. The van der Waals surface area contributed by atoms with Crippen LogP contribution in [0.2, 0.25) is 0 Å². The molecule has 3 rings (SSSR count). The Morgan fingerprint density at radius 1 is 0.750 bits per heavy atom. The van der Waals surface area contributed by atoms with E-state index in [2.05, 4.69) is 4.42 Å². The van der Waals surface area contributed by atoms with Crippen LogP contribution >= 0.6 is 0 Å². The maximum absolute atomic E-state index is 9.77. The molecular weight excluding hydrogens is 252 g/mol. The zero-order chi connectivity index (χ0) is 14.5. The van der Waals surface area contributed by atoms with Gasteiger partial charge in [-0.05, 0) is 24.3 Å². The quantitative estimate of drug-likeness (QED) is 0.674. The molecule has 0 aliphatic heterocycles. The van der Waals surface area contributed by atoms with Crippen LogP contribution in [0.1, 0.15) is 10.6 Å². The molecule has 20 heavy (non-hydrogen) atoms. The molecule has 1 heterocycles. The first-order chi connectivity index (χ1) is 9.83. The molecule has 0 saturated heterocycles. The van der Waals surface area contributed by atoms with Crippen LogP contribution in [0.5, 0.6) is 5.75 Å². The van der Waals surface area contributed by atoms with Crippen LogP contribution in [0.15, 0.2) is 89.5 Å². The molecule has 3 aromatic rings. The Morgan fingerprint density at radius 3 is 1.50 bits per heavy atom. The fourth-order valence-corrected chi connectivity index (χ4v) is 1.17. The highest BCUT2D eigenvalue weighted by molar-refractivity contribution is 5.69. The van der Waals surface area contributed by atoms with E-state index in [1.807, 2.05) is 42.5 Å². The molecule has 3 nitrogen and oxygen atoms in total. The molecule has 0 aliphatic carbocycles. The van der Waals surface area contributed by atoms with Crippen molar-refractivity contribution in [3.63, 3.8) is 0 Å². The van der Waals surface area contributed by atoms with Crippen LogP contribution in [0.25, 0.3) is 0 Å². The van der Waals surface area contributed by atoms with Gasteiger partial charge in [-0.15, -0.1) is 0 Å². The summed E-state index contributed by atoms with van der Waals surface area (Å²) in [5, 5.41) is 8.63. The molecular formula is C17H16O3. The summed E-state index contributed by atoms with van der Waals surface area (Å²) in [4.78, 5) is 9.77. The van der Waals surface area contributed by atoms with E-state index in [1.165, 1.54) is 6.26 Å². The summed E-state index contributed by atoms with van der Waals surface area (Å²) in [7, 11) is 0. The molecule has 0 saturated carbocycles. The van der Waals surface area contributed by atoms with Crippen molar-refractivity contribution in [2.75, 3.05) is 0 Å². The van der Waals surface area contributed by atoms with Gasteiger partial charge in [0.15, 0.2) is 12.0 Å². The highest BCUT2D eigenvalue weighted by Gasteiger charge is 1.84. The smallest absolute Gasteiger partial charge is 0.185 e. The molecule has 3 heteroatoms. The monoisotopic (exact) mass is 268 g/mol. The standard InChI is InChI=1S/C6H6O.C6H6.C5H4O2/c7-6-4-2-1-3-5-6;1-2-4-6-5-3-1;6-4-5-2-1-3-7-5/h1-5,7H;1-6H;1-4H. The highest BCUT2D eigenvalue weighted by atomic mass is 16.3. The lowest BCUT2D eigenvalue weighted by Gasteiger charge is -1.82. The van der Waals surface area contributed by atoms with Gasteiger partial charge in [0.05, 0.1) is 6.26 Å². The van der Waals surface area contributed by atoms with Crippen molar-refractivity contribution < 1.29 is 14.3 Å². The fraction of sp³-hybridized carbons (Fsp3) is 0. The number of hydrogen-bond acceptors (Lipinski definition) is 3. The average Bonchev–Trinajstić information content (AvgIpc) is 3.05. The molecule has 102 valence electrons. The molecule has 0 radical (unpaired) electrons. The number of rotatable bonds is 1. The molecule has 0 amide bonds. The summed E-state index contributed by atoms with van der Waals surface area (Å²) in [5.74, 6) is 0.697. The Labute approximate surface area is 118 Å². The minimum Gasteiger partial charge on any atom is -0.508 e. The predicted molar refractivity (Wildman–Crippen MR) is 78.6 cm³/mol. The number of phenols is 1. The van der Waals surface area contributed by atoms with E-state index in [9.17, 15) is 4.79 Å². The first-order valence-electron chi connectivity index (χ1n) is 6.05. The maximum Gasteiger partial charge on any atom is 0.185 e. The molecule has 2 aromatic carbocycles. The van der Waals surface area contributed by atoms with E-state index in [4.69, 9.17) is 5.11 Å². The lowest BCUT2D eigenvalue weighted by Crippen LogP contribution is -1.65. The minimum absolute atomic E-state index is 0.322. The van der Waals surface area contributed by atoms with E-state index in [1.54, 1.807) is 36.4 Å². The zero-order valence-electron chi connectivity index (χ0n) is 10.9. The van der Waals surface area contributed by atoms with Crippen molar-refractivity contribution in [3.05, 3.63) is 90.9 Å². The van der Waals surface area contributed by atoms with E-state index >= 15 is 0 Å². The van der Waals surface area contributed by atoms with Crippen molar-refractivity contribution in [1.82, 2.24) is 0 Å². The number of carbonyl (C=O) groups excluding carboxylic acids is 1. The SMILES string of the molecule is O=Cc1ccco1.Oc1ccccc1.c1ccccc1. The Kier molecular flexibility index (Phi) is 7.73. The van der Waals surface area contributed by atoms with Gasteiger partial charge in [0.1, 0.15) is 5.75 Å². The van der Waals surface area contributed by atoms with Crippen molar-refractivity contribution in [2.24, 2.45) is 0 Å². The number of aldehydes is 1. The van der Waals surface area contributed by atoms with Crippen molar-refractivity contribution in [3.8, 4) is 5.75 Å². The fourth-order valence-electron chi connectivity index (χ4n) is 1.17. The highest BCUT2D eigenvalue weighted by Crippen LogP contribution is 2.02. The Balaban J connectivity index is 0.000000151. The van der Waals surface area contributed by atoms with Crippen molar-refractivity contribution in [1.29, 1.82) is 0 Å². The van der Waals surface area contributed by atoms with Gasteiger partial charge in [-0.3, -0.25) is 4.79 Å². The topological polar surface area (TPSA) is 50.4 Å². The van der Waals surface area contributed by atoms with Crippen molar-refractivity contribution >= 4 is 6.29 Å². The molecule has 0 unspecified atom stereocenters. The van der Waals surface area contributed by atoms with Crippen molar-refractivity contribution in [2.45, 2.75) is 0 Å². The van der Waals surface area contributed by atoms with Gasteiger partial charge in [-0.25, -0.2) is 0 Å². The molecule has 0 aliphatic rings. The number of aromatic hydroxyl groups is 1. The third-order valence-electron chi connectivity index (χ3n) is 2.08. The second kappa shape index (κ2) is 10.1. The third-order valence-corrected chi connectivity index (χ3v) is 2.08. The van der Waals surface area contributed by atoms with Gasteiger partial charge in [-0.1, -0.05) is 54.6 Å². The van der Waals surface area contributed by atoms with E-state index in [0.717, 1.165) is 0 Å². The first kappa shape index (κ1) is 15.2. The summed E-state index contributed by atoms with van der Waals surface area (Å²) in [6, 6.07) is 24.0. The van der Waals surface area contributed by atoms with Crippen LogP contribution in [-0.2, 0) is 0 Å². The largest absolute Gasteiger partial charge is 0.508 e. The summed E-state index contributed by atoms with van der Waals surface area (Å²) < 4.78 is 4.61. The summed E-state index contributed by atoms with van der Waals surface area (Å²) in [6.07, 6.45) is 2.13. The maximum atomic E-state index is 9.77. The van der Waals surface area contributed by atoms with E-state index in [-0.39, 0.29) is 0 Å². The molecule has 0 bridgehead atoms. The second-order valence-corrected chi connectivity index (χ2v) is 3.62. The molecule has 1 aromatic heterocycles. The molecule has 0 fully saturated rings. The van der Waals surface area contributed by atoms with Crippen LogP contribution in [0.3, 0.4) is 0 Å². The lowest BCUT2D eigenvalue weighted by atomic mass is 10.3. The van der Waals surface area contributed by atoms with Gasteiger partial charge >= 0.3 is 0 Å². The van der Waals surface area contributed by atoms with Gasteiger partial charge in [-0.2, -0.15) is 0 Å². The molecule has 0 spiro atoms. The minimum atomic E-state index is 0.322. The Morgan fingerprint density at radius 2 is 1.25 bits per heavy atom. The summed E-state index contributed by atoms with van der Waals surface area (Å²) >= 11 is 0. The van der Waals surface area contributed by atoms with Crippen LogP contribution in [0, 0.1) is 0 Å². The number of phenolic OH excluding ortho intramolecular Hbond substituents is 1. The second-order valence-electron chi connectivity index (χ2n) is 3.62. The third kappa shape index (κ3) is 7.50. The normalized spacial score (nSPS) is 8.40. The van der Waals surface area contributed by atoms with E-state index < -0.39 is 0 Å². The van der Waals surface area contributed by atoms with Gasteiger partial charge in [0.25, 0.3) is 0 Å². The van der Waals surface area contributed by atoms with Gasteiger partial charge in [0.2, 0.25) is 0 Å². The lowest BCUT2D eigenvalue weighted by molar-refractivity contribution is 0.110. The number of carbonyl (C=O) groups is 1. The number of benzene rings is 2. The van der Waals surface area contributed by atoms with Crippen LogP contribution < -0.4 is 0 Å². The number of furan rings is 1. The number of hydrogen-bond donors (Lipinski definition) is 1. The van der Waals surface area contributed by atoms with Gasteiger partial charge < -0.3 is 9.52 Å². The van der Waals surface area contributed by atoms with Gasteiger partial charge in [0, 0.05) is 0 Å². The number of para-hydroxylation sites is 1. The zero-order valence-corrected chi connectivity index (χ0v) is 10.9. The van der Waals surface area contributed by atoms with E-state index in [0.29, 0.717) is 17.8 Å². The molecule has 0 atom stereocenters. The Bertz CT molecular complexity index is 519. The molecule has 1 N–H and O–H groups in total. The van der Waals surface area contributed by atoms with Crippen LogP contribution in [-0.4, -0.2) is 11.4 Å². The first-order valence-corrected chi connectivity index (χ1v) is 6.05. The Hall–Kier alpha value is -2.81. The predicted octanol–water partition coefficient (Wildman–Crippen LogP) is 4.17. The van der Waals surface area contributed by atoms with Crippen LogP contribution in [0.4, 0.5) is 0 Å². The average molecular weight is 268 g/mol.